The molecule has 0 fully saturated rings. The molecule has 1 amide bonds. The molecular formula is C17H22FNO2. The first-order valence-corrected chi connectivity index (χ1v) is 7.22. The van der Waals surface area contributed by atoms with E-state index in [-0.39, 0.29) is 23.6 Å². The van der Waals surface area contributed by atoms with Gasteiger partial charge in [0.1, 0.15) is 12.4 Å². The van der Waals surface area contributed by atoms with Gasteiger partial charge in [0.15, 0.2) is 0 Å². The molecule has 0 unspecified atom stereocenters. The van der Waals surface area contributed by atoms with E-state index in [9.17, 15) is 9.18 Å². The minimum absolute atomic E-state index is 0.178. The molecule has 0 aromatic heterocycles. The molecule has 2 N–H and O–H groups in total. The number of hydrogen-bond donors (Lipinski definition) is 2. The number of benzene rings is 1. The molecule has 1 aromatic rings. The van der Waals surface area contributed by atoms with E-state index in [4.69, 9.17) is 5.11 Å². The predicted molar refractivity (Wildman–Crippen MR) is 81.4 cm³/mol. The number of amides is 1. The van der Waals surface area contributed by atoms with Crippen molar-refractivity contribution in [3.63, 3.8) is 0 Å². The van der Waals surface area contributed by atoms with E-state index >= 15 is 0 Å². The molecule has 0 spiro atoms. The van der Waals surface area contributed by atoms with E-state index in [1.165, 1.54) is 18.2 Å². The molecule has 0 atom stereocenters. The van der Waals surface area contributed by atoms with Crippen LogP contribution in [0.1, 0.15) is 49.0 Å². The van der Waals surface area contributed by atoms with Crippen molar-refractivity contribution in [1.29, 1.82) is 0 Å². The van der Waals surface area contributed by atoms with Crippen LogP contribution < -0.4 is 5.32 Å². The third kappa shape index (κ3) is 6.42. The van der Waals surface area contributed by atoms with Crippen molar-refractivity contribution < 1.29 is 14.3 Å². The molecule has 0 saturated carbocycles. The van der Waals surface area contributed by atoms with Crippen LogP contribution in [0.15, 0.2) is 18.2 Å². The standard InChI is InChI=1S/C17H22FNO2/c1-13(2)6-3-4-10-19-17(21)15-9-8-14(7-5-11-20)16(18)12-15/h8-9,12-13,20H,3-4,6,10-11H2,1-2H3,(H,19,21). The van der Waals surface area contributed by atoms with Crippen LogP contribution >= 0.6 is 0 Å². The van der Waals surface area contributed by atoms with E-state index in [0.717, 1.165) is 19.3 Å². The molecule has 0 heterocycles. The summed E-state index contributed by atoms with van der Waals surface area (Å²) in [5, 5.41) is 11.4. The van der Waals surface area contributed by atoms with Crippen molar-refractivity contribution in [3.8, 4) is 11.8 Å². The molecule has 0 radical (unpaired) electrons. The van der Waals surface area contributed by atoms with Crippen molar-refractivity contribution in [2.75, 3.05) is 13.2 Å². The number of halogens is 1. The number of nitrogens with one attached hydrogen (secondary N) is 1. The molecule has 1 aromatic carbocycles. The van der Waals surface area contributed by atoms with Gasteiger partial charge in [-0.25, -0.2) is 4.39 Å². The second-order valence-electron chi connectivity index (χ2n) is 5.30. The lowest BCUT2D eigenvalue weighted by molar-refractivity contribution is 0.0952. The molecule has 4 heteroatoms. The van der Waals surface area contributed by atoms with Crippen LogP contribution in [-0.4, -0.2) is 24.2 Å². The molecule has 0 aliphatic carbocycles. The van der Waals surface area contributed by atoms with Crippen LogP contribution in [0.5, 0.6) is 0 Å². The first-order valence-electron chi connectivity index (χ1n) is 7.22. The van der Waals surface area contributed by atoms with E-state index in [0.29, 0.717) is 12.5 Å². The lowest BCUT2D eigenvalue weighted by Crippen LogP contribution is -2.24. The second-order valence-corrected chi connectivity index (χ2v) is 5.30. The zero-order valence-electron chi connectivity index (χ0n) is 12.6. The van der Waals surface area contributed by atoms with Gasteiger partial charge in [0.2, 0.25) is 0 Å². The largest absolute Gasteiger partial charge is 0.384 e. The minimum Gasteiger partial charge on any atom is -0.384 e. The lowest BCUT2D eigenvalue weighted by Gasteiger charge is -2.07. The highest BCUT2D eigenvalue weighted by atomic mass is 19.1. The molecule has 0 aliphatic rings. The predicted octanol–water partition coefficient (Wildman–Crippen LogP) is 2.73. The van der Waals surface area contributed by atoms with Gasteiger partial charge in [-0.3, -0.25) is 4.79 Å². The summed E-state index contributed by atoms with van der Waals surface area (Å²) in [7, 11) is 0. The van der Waals surface area contributed by atoms with E-state index < -0.39 is 5.82 Å². The summed E-state index contributed by atoms with van der Waals surface area (Å²) < 4.78 is 13.7. The number of aliphatic hydroxyl groups is 1. The summed E-state index contributed by atoms with van der Waals surface area (Å²) in [6.07, 6.45) is 3.14. The van der Waals surface area contributed by atoms with Crippen LogP contribution in [0.25, 0.3) is 0 Å². The van der Waals surface area contributed by atoms with Gasteiger partial charge in [0.25, 0.3) is 5.91 Å². The summed E-state index contributed by atoms with van der Waals surface area (Å²) in [5.74, 6) is 4.71. The van der Waals surface area contributed by atoms with Crippen LogP contribution in [0.2, 0.25) is 0 Å². The third-order valence-corrected chi connectivity index (χ3v) is 3.03. The van der Waals surface area contributed by atoms with E-state index in [2.05, 4.69) is 31.0 Å². The number of hydrogen-bond acceptors (Lipinski definition) is 2. The maximum atomic E-state index is 13.7. The summed E-state index contributed by atoms with van der Waals surface area (Å²) in [6.45, 7) is 4.61. The quantitative estimate of drug-likeness (QED) is 0.625. The van der Waals surface area contributed by atoms with Crippen LogP contribution in [-0.2, 0) is 0 Å². The van der Waals surface area contributed by atoms with Gasteiger partial charge in [-0.1, -0.05) is 38.5 Å². The number of carbonyl (C=O) groups is 1. The van der Waals surface area contributed by atoms with Gasteiger partial charge in [-0.15, -0.1) is 0 Å². The average molecular weight is 291 g/mol. The van der Waals surface area contributed by atoms with Gasteiger partial charge < -0.3 is 10.4 Å². The summed E-state index contributed by atoms with van der Waals surface area (Å²) >= 11 is 0. The molecule has 21 heavy (non-hydrogen) atoms. The van der Waals surface area contributed by atoms with Crippen molar-refractivity contribution >= 4 is 5.91 Å². The molecule has 114 valence electrons. The Balaban J connectivity index is 2.49. The number of rotatable bonds is 6. The maximum absolute atomic E-state index is 13.7. The number of carbonyl (C=O) groups excluding carboxylic acids is 1. The zero-order valence-corrected chi connectivity index (χ0v) is 12.6. The Bertz CT molecular complexity index is 529. The Morgan fingerprint density at radius 3 is 2.76 bits per heavy atom. The number of aliphatic hydroxyl groups excluding tert-OH is 1. The fourth-order valence-electron chi connectivity index (χ4n) is 1.87. The van der Waals surface area contributed by atoms with Crippen LogP contribution in [0, 0.1) is 23.6 Å². The van der Waals surface area contributed by atoms with Gasteiger partial charge in [0.05, 0.1) is 5.56 Å². The fraction of sp³-hybridized carbons (Fsp3) is 0.471. The minimum atomic E-state index is -0.552. The first kappa shape index (κ1) is 17.2. The van der Waals surface area contributed by atoms with Gasteiger partial charge in [0, 0.05) is 12.1 Å². The third-order valence-electron chi connectivity index (χ3n) is 3.03. The smallest absolute Gasteiger partial charge is 0.251 e. The molecular weight excluding hydrogens is 269 g/mol. The Morgan fingerprint density at radius 1 is 1.38 bits per heavy atom. The van der Waals surface area contributed by atoms with E-state index in [1.807, 2.05) is 0 Å². The Kier molecular flexibility index (Phi) is 7.49. The fourth-order valence-corrected chi connectivity index (χ4v) is 1.87. The topological polar surface area (TPSA) is 49.3 Å². The molecule has 0 bridgehead atoms. The Hall–Kier alpha value is -1.86. The number of unbranched alkanes of at least 4 members (excludes halogenated alkanes) is 1. The van der Waals surface area contributed by atoms with Gasteiger partial charge in [-0.2, -0.15) is 0 Å². The van der Waals surface area contributed by atoms with Gasteiger partial charge >= 0.3 is 0 Å². The van der Waals surface area contributed by atoms with Crippen molar-refractivity contribution in [2.24, 2.45) is 5.92 Å². The zero-order chi connectivity index (χ0) is 15.7. The summed E-state index contributed by atoms with van der Waals surface area (Å²) in [6, 6.07) is 4.16. The lowest BCUT2D eigenvalue weighted by atomic mass is 10.1. The highest BCUT2D eigenvalue weighted by molar-refractivity contribution is 5.94. The normalized spacial score (nSPS) is 10.1. The summed E-state index contributed by atoms with van der Waals surface area (Å²) in [4.78, 5) is 11.9. The monoisotopic (exact) mass is 291 g/mol. The van der Waals surface area contributed by atoms with Crippen molar-refractivity contribution in [1.82, 2.24) is 5.32 Å². The molecule has 3 nitrogen and oxygen atoms in total. The highest BCUT2D eigenvalue weighted by Crippen LogP contribution is 2.10. The van der Waals surface area contributed by atoms with Crippen molar-refractivity contribution in [2.45, 2.75) is 33.1 Å². The second kappa shape index (κ2) is 9.15. The van der Waals surface area contributed by atoms with Crippen LogP contribution in [0.3, 0.4) is 0 Å². The summed E-state index contributed by atoms with van der Waals surface area (Å²) in [5.41, 5.74) is 0.462. The molecule has 1 rings (SSSR count). The van der Waals surface area contributed by atoms with Crippen LogP contribution in [0.4, 0.5) is 4.39 Å². The molecule has 0 saturated heterocycles. The Morgan fingerprint density at radius 2 is 2.14 bits per heavy atom. The maximum Gasteiger partial charge on any atom is 0.251 e. The Labute approximate surface area is 125 Å². The SMILES string of the molecule is CC(C)CCCCNC(=O)c1ccc(C#CCO)c(F)c1. The molecule has 0 aliphatic heterocycles. The average Bonchev–Trinajstić information content (AvgIpc) is 2.45. The highest BCUT2D eigenvalue weighted by Gasteiger charge is 2.08. The van der Waals surface area contributed by atoms with Gasteiger partial charge in [-0.05, 0) is 30.5 Å². The first-order chi connectivity index (χ1) is 10.0. The van der Waals surface area contributed by atoms with E-state index in [1.54, 1.807) is 0 Å². The van der Waals surface area contributed by atoms with Crippen molar-refractivity contribution in [3.05, 3.63) is 35.1 Å².